The Bertz CT molecular complexity index is 1370. The molecule has 3 aromatic heterocycles. The van der Waals surface area contributed by atoms with Crippen LogP contribution in [0.15, 0.2) is 41.5 Å². The van der Waals surface area contributed by atoms with Crippen LogP contribution < -0.4 is 15.6 Å². The second-order valence-corrected chi connectivity index (χ2v) is 7.93. The van der Waals surface area contributed by atoms with E-state index in [0.717, 1.165) is 16.8 Å². The molecule has 1 aliphatic rings. The molecule has 2 atom stereocenters. The van der Waals surface area contributed by atoms with Crippen molar-refractivity contribution in [3.05, 3.63) is 58.3 Å². The second kappa shape index (κ2) is 9.06. The largest absolute Gasteiger partial charge is 0.408 e. The number of carbonyl (C=O) groups excluding carboxylic acids is 2. The van der Waals surface area contributed by atoms with Gasteiger partial charge in [-0.15, -0.1) is 0 Å². The first-order valence-electron chi connectivity index (χ1n) is 10.5. The topological polar surface area (TPSA) is 117 Å². The van der Waals surface area contributed by atoms with Crippen LogP contribution in [0.2, 0.25) is 0 Å². The van der Waals surface area contributed by atoms with E-state index in [1.165, 1.54) is 36.2 Å². The summed E-state index contributed by atoms with van der Waals surface area (Å²) in [5, 5.41) is 11.4. The van der Waals surface area contributed by atoms with Crippen LogP contribution in [0.25, 0.3) is 16.9 Å². The highest BCUT2D eigenvalue weighted by Gasteiger charge is 2.40. The first-order chi connectivity index (χ1) is 16.5. The van der Waals surface area contributed by atoms with Crippen molar-refractivity contribution in [1.29, 1.82) is 0 Å². The standard InChI is InChI=1S/C22H19F4N5O4/c1-2-15(22(24,25)26)28-21(35)13-10-31(20-14(23)4-3-7-27-20)19-12(18(13)34)5-6-16(29-19)30-9-11(32)8-17(30)33/h3-7,10-11,15,32H,2,8-9H2,1H3,(H,28,35)/t11-,15?/m0/s1. The SMILES string of the molecule is CCC(NC(=O)c1cn(-c2ncccc2F)c2nc(N3C[C@@H](O)CC3=O)ccc2c1=O)C(F)(F)F. The zero-order valence-corrected chi connectivity index (χ0v) is 18.2. The molecule has 0 spiro atoms. The molecule has 4 heterocycles. The second-order valence-electron chi connectivity index (χ2n) is 7.93. The van der Waals surface area contributed by atoms with Crippen LogP contribution in [0.3, 0.4) is 0 Å². The number of aliphatic hydroxyl groups excluding tert-OH is 1. The Labute approximate surface area is 195 Å². The highest BCUT2D eigenvalue weighted by atomic mass is 19.4. The molecular formula is C22H19F4N5O4. The minimum Gasteiger partial charge on any atom is -0.391 e. The Morgan fingerprint density at radius 1 is 1.29 bits per heavy atom. The van der Waals surface area contributed by atoms with E-state index >= 15 is 0 Å². The number of aliphatic hydroxyl groups is 1. The quantitative estimate of drug-likeness (QED) is 0.526. The summed E-state index contributed by atoms with van der Waals surface area (Å²) >= 11 is 0. The summed E-state index contributed by atoms with van der Waals surface area (Å²) in [6.45, 7) is 1.18. The molecule has 13 heteroatoms. The number of pyridine rings is 3. The normalized spacial score (nSPS) is 17.1. The lowest BCUT2D eigenvalue weighted by molar-refractivity contribution is -0.153. The molecule has 1 unspecified atom stereocenters. The third-order valence-electron chi connectivity index (χ3n) is 5.54. The van der Waals surface area contributed by atoms with E-state index in [9.17, 15) is 37.1 Å². The lowest BCUT2D eigenvalue weighted by Gasteiger charge is -2.21. The molecule has 0 saturated carbocycles. The van der Waals surface area contributed by atoms with E-state index in [1.807, 2.05) is 0 Å². The lowest BCUT2D eigenvalue weighted by Crippen LogP contribution is -2.46. The molecule has 0 aromatic carbocycles. The van der Waals surface area contributed by atoms with Crippen molar-refractivity contribution < 1.29 is 32.3 Å². The highest BCUT2D eigenvalue weighted by molar-refractivity contribution is 5.99. The van der Waals surface area contributed by atoms with Gasteiger partial charge in [-0.1, -0.05) is 6.92 Å². The summed E-state index contributed by atoms with van der Waals surface area (Å²) in [5.74, 6) is -2.88. The Morgan fingerprint density at radius 2 is 2.03 bits per heavy atom. The zero-order chi connectivity index (χ0) is 25.5. The summed E-state index contributed by atoms with van der Waals surface area (Å²) in [4.78, 5) is 47.4. The van der Waals surface area contributed by atoms with Crippen molar-refractivity contribution in [2.45, 2.75) is 38.1 Å². The number of β-amino-alcohol motifs (C(OH)–C–C–N with tert-alkyl or cyclic N) is 1. The fourth-order valence-electron chi connectivity index (χ4n) is 3.78. The maximum Gasteiger partial charge on any atom is 0.408 e. The summed E-state index contributed by atoms with van der Waals surface area (Å²) < 4.78 is 55.1. The van der Waals surface area contributed by atoms with Gasteiger partial charge in [0.25, 0.3) is 5.91 Å². The molecule has 2 N–H and O–H groups in total. The third kappa shape index (κ3) is 4.58. The molecule has 0 bridgehead atoms. The van der Waals surface area contributed by atoms with E-state index in [1.54, 1.807) is 5.32 Å². The van der Waals surface area contributed by atoms with Crippen LogP contribution in [0.4, 0.5) is 23.4 Å². The van der Waals surface area contributed by atoms with E-state index in [4.69, 9.17) is 0 Å². The monoisotopic (exact) mass is 493 g/mol. The van der Waals surface area contributed by atoms with Crippen molar-refractivity contribution >= 4 is 28.7 Å². The Balaban J connectivity index is 1.91. The first kappa shape index (κ1) is 24.3. The zero-order valence-electron chi connectivity index (χ0n) is 18.2. The van der Waals surface area contributed by atoms with Crippen LogP contribution in [0, 0.1) is 5.82 Å². The first-order valence-corrected chi connectivity index (χ1v) is 10.5. The smallest absolute Gasteiger partial charge is 0.391 e. The molecule has 4 rings (SSSR count). The van der Waals surface area contributed by atoms with Crippen LogP contribution in [-0.2, 0) is 4.79 Å². The van der Waals surface area contributed by atoms with Crippen molar-refractivity contribution in [3.8, 4) is 5.82 Å². The number of alkyl halides is 3. The van der Waals surface area contributed by atoms with Crippen molar-refractivity contribution in [2.24, 2.45) is 0 Å². The maximum atomic E-state index is 14.6. The van der Waals surface area contributed by atoms with Gasteiger partial charge < -0.3 is 10.4 Å². The minimum atomic E-state index is -4.74. The molecule has 1 saturated heterocycles. The van der Waals surface area contributed by atoms with Gasteiger partial charge in [-0.25, -0.2) is 14.4 Å². The van der Waals surface area contributed by atoms with Gasteiger partial charge in [0.15, 0.2) is 17.3 Å². The van der Waals surface area contributed by atoms with E-state index in [0.29, 0.717) is 0 Å². The highest BCUT2D eigenvalue weighted by Crippen LogP contribution is 2.25. The predicted octanol–water partition coefficient (Wildman–Crippen LogP) is 2.09. The number of aromatic nitrogens is 3. The van der Waals surface area contributed by atoms with Crippen LogP contribution >= 0.6 is 0 Å². The molecule has 3 aromatic rings. The van der Waals surface area contributed by atoms with Gasteiger partial charge in [0.05, 0.1) is 24.5 Å². The molecule has 1 fully saturated rings. The van der Waals surface area contributed by atoms with E-state index < -0.39 is 53.4 Å². The van der Waals surface area contributed by atoms with Gasteiger partial charge in [0.1, 0.15) is 17.4 Å². The number of anilines is 1. The number of amides is 2. The lowest BCUT2D eigenvalue weighted by atomic mass is 10.1. The summed E-state index contributed by atoms with van der Waals surface area (Å²) in [6.07, 6.45) is -4.14. The van der Waals surface area contributed by atoms with Crippen molar-refractivity contribution in [2.75, 3.05) is 11.4 Å². The predicted molar refractivity (Wildman–Crippen MR) is 116 cm³/mol. The molecular weight excluding hydrogens is 474 g/mol. The fourth-order valence-corrected chi connectivity index (χ4v) is 3.78. The molecule has 35 heavy (non-hydrogen) atoms. The Morgan fingerprint density at radius 3 is 2.63 bits per heavy atom. The number of hydrogen-bond donors (Lipinski definition) is 2. The number of nitrogens with one attached hydrogen (secondary N) is 1. The molecule has 0 radical (unpaired) electrons. The molecule has 0 aliphatic carbocycles. The third-order valence-corrected chi connectivity index (χ3v) is 5.54. The van der Waals surface area contributed by atoms with Crippen LogP contribution in [-0.4, -0.2) is 56.3 Å². The number of nitrogens with zero attached hydrogens (tertiary/aromatic N) is 4. The maximum absolute atomic E-state index is 14.6. The van der Waals surface area contributed by atoms with Gasteiger partial charge >= 0.3 is 6.18 Å². The number of hydrogen-bond acceptors (Lipinski definition) is 6. The molecule has 2 amide bonds. The van der Waals surface area contributed by atoms with Crippen molar-refractivity contribution in [3.63, 3.8) is 0 Å². The summed E-state index contributed by atoms with van der Waals surface area (Å²) in [5.41, 5.74) is -1.79. The summed E-state index contributed by atoms with van der Waals surface area (Å²) in [7, 11) is 0. The van der Waals surface area contributed by atoms with E-state index in [-0.39, 0.29) is 35.6 Å². The number of carbonyl (C=O) groups is 2. The van der Waals surface area contributed by atoms with Gasteiger partial charge in [-0.05, 0) is 30.7 Å². The Kier molecular flexibility index (Phi) is 6.28. The van der Waals surface area contributed by atoms with Gasteiger partial charge in [0, 0.05) is 12.4 Å². The fraction of sp³-hybridized carbons (Fsp3) is 0.318. The van der Waals surface area contributed by atoms with Crippen LogP contribution in [0.1, 0.15) is 30.1 Å². The Hall–Kier alpha value is -3.87. The number of halogens is 4. The molecule has 1 aliphatic heterocycles. The molecule has 184 valence electrons. The van der Waals surface area contributed by atoms with Gasteiger partial charge in [-0.2, -0.15) is 13.2 Å². The molecule has 9 nitrogen and oxygen atoms in total. The van der Waals surface area contributed by atoms with Crippen molar-refractivity contribution in [1.82, 2.24) is 19.9 Å². The van der Waals surface area contributed by atoms with Crippen LogP contribution in [0.5, 0.6) is 0 Å². The average molecular weight is 493 g/mol. The summed E-state index contributed by atoms with van der Waals surface area (Å²) in [6, 6.07) is 2.69. The average Bonchev–Trinajstić information content (AvgIpc) is 3.15. The van der Waals surface area contributed by atoms with E-state index in [2.05, 4.69) is 9.97 Å². The number of rotatable bonds is 5. The van der Waals surface area contributed by atoms with Gasteiger partial charge in [-0.3, -0.25) is 23.9 Å². The minimum absolute atomic E-state index is 0.0458. The van der Waals surface area contributed by atoms with Gasteiger partial charge in [0.2, 0.25) is 11.3 Å². The number of fused-ring (bicyclic) bond motifs is 1.